The molecule has 2 aromatic carbocycles. The summed E-state index contributed by atoms with van der Waals surface area (Å²) in [6.07, 6.45) is -10.5. The van der Waals surface area contributed by atoms with E-state index in [0.717, 1.165) is 24.3 Å². The van der Waals surface area contributed by atoms with Crippen LogP contribution in [0, 0.1) is 0 Å². The van der Waals surface area contributed by atoms with Crippen molar-refractivity contribution >= 4 is 23.2 Å². The van der Waals surface area contributed by atoms with Crippen molar-refractivity contribution in [3.8, 4) is 16.9 Å². The molecule has 0 fully saturated rings. The summed E-state index contributed by atoms with van der Waals surface area (Å²) in [5, 5.41) is 8.80. The Morgan fingerprint density at radius 2 is 1.39 bits per heavy atom. The molecule has 0 aromatic heterocycles. The van der Waals surface area contributed by atoms with Crippen molar-refractivity contribution < 1.29 is 31.4 Å². The van der Waals surface area contributed by atoms with Crippen LogP contribution < -0.4 is 0 Å². The van der Waals surface area contributed by atoms with Gasteiger partial charge in [0, 0.05) is 5.56 Å². The van der Waals surface area contributed by atoms with Gasteiger partial charge in [0.2, 0.25) is 0 Å². The topological polar surface area (TPSA) is 20.2 Å². The second-order valence-electron chi connectivity index (χ2n) is 4.48. The van der Waals surface area contributed by atoms with E-state index in [-0.39, 0.29) is 5.02 Å². The lowest BCUT2D eigenvalue weighted by atomic mass is 9.94. The Bertz CT molecular complexity index is 752. The minimum absolute atomic E-state index is 0.237. The smallest absolute Gasteiger partial charge is 0.417 e. The molecule has 9 heteroatoms. The molecular formula is C14H6Cl2F6O. The maximum Gasteiger partial charge on any atom is 0.417 e. The largest absolute Gasteiger partial charge is 0.505 e. The average Bonchev–Trinajstić information content (AvgIpc) is 2.42. The Morgan fingerprint density at radius 3 is 1.91 bits per heavy atom. The lowest BCUT2D eigenvalue weighted by Gasteiger charge is -2.20. The molecule has 0 saturated heterocycles. The van der Waals surface area contributed by atoms with Crippen LogP contribution in [-0.4, -0.2) is 5.11 Å². The maximum atomic E-state index is 13.2. The van der Waals surface area contributed by atoms with Crippen molar-refractivity contribution in [2.75, 3.05) is 0 Å². The minimum Gasteiger partial charge on any atom is -0.505 e. The van der Waals surface area contributed by atoms with Crippen LogP contribution in [0.15, 0.2) is 30.3 Å². The summed E-state index contributed by atoms with van der Waals surface area (Å²) in [6, 6.07) is 4.05. The molecule has 0 bridgehead atoms. The van der Waals surface area contributed by atoms with Gasteiger partial charge in [-0.25, -0.2) is 0 Å². The van der Waals surface area contributed by atoms with Crippen molar-refractivity contribution in [3.63, 3.8) is 0 Å². The van der Waals surface area contributed by atoms with Gasteiger partial charge in [-0.15, -0.1) is 0 Å². The van der Waals surface area contributed by atoms with E-state index in [9.17, 15) is 31.4 Å². The van der Waals surface area contributed by atoms with Crippen LogP contribution in [0.25, 0.3) is 11.1 Å². The Labute approximate surface area is 136 Å². The van der Waals surface area contributed by atoms with Crippen LogP contribution in [0.2, 0.25) is 10.0 Å². The van der Waals surface area contributed by atoms with Crippen molar-refractivity contribution in [2.45, 2.75) is 12.4 Å². The molecule has 0 atom stereocenters. The van der Waals surface area contributed by atoms with Crippen molar-refractivity contribution in [3.05, 3.63) is 51.5 Å². The first-order chi connectivity index (χ1) is 10.4. The van der Waals surface area contributed by atoms with E-state index in [2.05, 4.69) is 0 Å². The predicted molar refractivity (Wildman–Crippen MR) is 73.6 cm³/mol. The Hall–Kier alpha value is -1.60. The highest BCUT2D eigenvalue weighted by molar-refractivity contribution is 6.38. The second-order valence-corrected chi connectivity index (χ2v) is 5.27. The number of benzene rings is 2. The first-order valence-electron chi connectivity index (χ1n) is 5.89. The third-order valence-corrected chi connectivity index (χ3v) is 3.70. The van der Waals surface area contributed by atoms with Crippen LogP contribution in [0.1, 0.15) is 11.1 Å². The van der Waals surface area contributed by atoms with Gasteiger partial charge >= 0.3 is 12.4 Å². The van der Waals surface area contributed by atoms with Gasteiger partial charge in [0.15, 0.2) is 5.75 Å². The molecule has 0 saturated carbocycles. The van der Waals surface area contributed by atoms with E-state index >= 15 is 0 Å². The lowest BCUT2D eigenvalue weighted by molar-refractivity contribution is -0.161. The third kappa shape index (κ3) is 3.35. The van der Waals surface area contributed by atoms with E-state index in [1.165, 1.54) is 0 Å². The summed E-state index contributed by atoms with van der Waals surface area (Å²) >= 11 is 11.3. The van der Waals surface area contributed by atoms with Gasteiger partial charge in [0.05, 0.1) is 21.2 Å². The zero-order valence-corrected chi connectivity index (χ0v) is 12.4. The number of phenols is 1. The molecule has 0 aliphatic heterocycles. The zero-order chi connectivity index (χ0) is 17.6. The van der Waals surface area contributed by atoms with Crippen molar-refractivity contribution in [2.24, 2.45) is 0 Å². The Kier molecular flexibility index (Phi) is 4.47. The fraction of sp³-hybridized carbons (Fsp3) is 0.143. The average molecular weight is 375 g/mol. The lowest BCUT2D eigenvalue weighted by Crippen LogP contribution is -2.17. The van der Waals surface area contributed by atoms with E-state index in [4.69, 9.17) is 23.2 Å². The molecule has 0 radical (unpaired) electrons. The van der Waals surface area contributed by atoms with Gasteiger partial charge in [0.25, 0.3) is 0 Å². The van der Waals surface area contributed by atoms with Gasteiger partial charge in [-0.2, -0.15) is 26.3 Å². The number of halogens is 8. The normalized spacial score (nSPS) is 12.5. The first-order valence-corrected chi connectivity index (χ1v) is 6.65. The van der Waals surface area contributed by atoms with E-state index in [0.29, 0.717) is 6.07 Å². The van der Waals surface area contributed by atoms with Gasteiger partial charge in [-0.3, -0.25) is 0 Å². The third-order valence-electron chi connectivity index (χ3n) is 3.01. The molecule has 1 N–H and O–H groups in total. The minimum atomic E-state index is -5.28. The quantitative estimate of drug-likeness (QED) is 0.572. The summed E-state index contributed by atoms with van der Waals surface area (Å²) in [6.45, 7) is 0. The van der Waals surface area contributed by atoms with Gasteiger partial charge in [-0.1, -0.05) is 41.4 Å². The predicted octanol–water partition coefficient (Wildman–Crippen LogP) is 6.40. The summed E-state index contributed by atoms with van der Waals surface area (Å²) < 4.78 is 78.4. The highest BCUT2D eigenvalue weighted by atomic mass is 35.5. The van der Waals surface area contributed by atoms with Crippen LogP contribution in [-0.2, 0) is 12.4 Å². The van der Waals surface area contributed by atoms with Crippen LogP contribution in [0.5, 0.6) is 5.75 Å². The van der Waals surface area contributed by atoms with Crippen LogP contribution in [0.4, 0.5) is 26.3 Å². The molecule has 0 aliphatic carbocycles. The van der Waals surface area contributed by atoms with Crippen molar-refractivity contribution in [1.82, 2.24) is 0 Å². The monoisotopic (exact) mass is 374 g/mol. The van der Waals surface area contributed by atoms with Crippen LogP contribution in [0.3, 0.4) is 0 Å². The fourth-order valence-corrected chi connectivity index (χ4v) is 2.54. The fourth-order valence-electron chi connectivity index (χ4n) is 2.07. The van der Waals surface area contributed by atoms with Gasteiger partial charge in [-0.05, 0) is 17.7 Å². The molecule has 0 amide bonds. The Balaban J connectivity index is 2.87. The number of hydrogen-bond donors (Lipinski definition) is 1. The van der Waals surface area contributed by atoms with Gasteiger partial charge in [0.1, 0.15) is 0 Å². The second kappa shape index (κ2) is 5.79. The molecule has 0 spiro atoms. The maximum absolute atomic E-state index is 13.2. The molecule has 0 aliphatic rings. The first kappa shape index (κ1) is 17.7. The summed E-state index contributed by atoms with van der Waals surface area (Å²) in [5.74, 6) is -0.712. The molecule has 2 rings (SSSR count). The highest BCUT2D eigenvalue weighted by Gasteiger charge is 2.45. The summed E-state index contributed by atoms with van der Waals surface area (Å²) in [7, 11) is 0. The SMILES string of the molecule is Oc1c(Cl)ccc(-c2cccc(C(F)(F)F)c2C(F)(F)F)c1Cl. The molecule has 2 aromatic rings. The van der Waals surface area contributed by atoms with Crippen LogP contribution >= 0.6 is 23.2 Å². The number of alkyl halides is 6. The number of aromatic hydroxyl groups is 1. The summed E-state index contributed by atoms with van der Waals surface area (Å²) in [4.78, 5) is 0. The molecule has 0 unspecified atom stereocenters. The standard InChI is InChI=1S/C14H6Cl2F6O/c15-9-5-4-7(11(16)12(9)23)6-2-1-3-8(13(17,18)19)10(6)14(20,21)22/h1-5,23H. The molecule has 1 nitrogen and oxygen atoms in total. The number of rotatable bonds is 1. The number of phenolic OH excluding ortho intramolecular Hbond substituents is 1. The number of hydrogen-bond acceptors (Lipinski definition) is 1. The molecule has 124 valence electrons. The van der Waals surface area contributed by atoms with E-state index < -0.39 is 45.4 Å². The highest BCUT2D eigenvalue weighted by Crippen LogP contribution is 2.48. The van der Waals surface area contributed by atoms with Crippen molar-refractivity contribution in [1.29, 1.82) is 0 Å². The summed E-state index contributed by atoms with van der Waals surface area (Å²) in [5.41, 5.74) is -4.93. The van der Waals surface area contributed by atoms with Gasteiger partial charge < -0.3 is 5.11 Å². The zero-order valence-electron chi connectivity index (χ0n) is 10.9. The van der Waals surface area contributed by atoms with E-state index in [1.54, 1.807) is 0 Å². The molecule has 0 heterocycles. The molecular weight excluding hydrogens is 369 g/mol. The molecule has 23 heavy (non-hydrogen) atoms. The Morgan fingerprint density at radius 1 is 0.783 bits per heavy atom. The van der Waals surface area contributed by atoms with E-state index in [1.807, 2.05) is 0 Å².